The number of piperidine rings is 1. The van der Waals surface area contributed by atoms with Gasteiger partial charge in [-0.05, 0) is 31.4 Å². The first-order chi connectivity index (χ1) is 11.2. The van der Waals surface area contributed by atoms with Crippen molar-refractivity contribution in [1.82, 2.24) is 19.5 Å². The van der Waals surface area contributed by atoms with Gasteiger partial charge in [0.1, 0.15) is 0 Å². The summed E-state index contributed by atoms with van der Waals surface area (Å²) in [6.07, 6.45) is 5.47. The maximum atomic E-state index is 6.35. The van der Waals surface area contributed by atoms with Crippen LogP contribution in [-0.4, -0.2) is 32.6 Å². The van der Waals surface area contributed by atoms with E-state index < -0.39 is 0 Å². The molecule has 6 heteroatoms. The zero-order valence-corrected chi connectivity index (χ0v) is 13.8. The van der Waals surface area contributed by atoms with Crippen molar-refractivity contribution >= 4 is 28.6 Å². The number of imidazole rings is 1. The molecule has 0 unspecified atom stereocenters. The van der Waals surface area contributed by atoms with Gasteiger partial charge in [-0.15, -0.1) is 0 Å². The van der Waals surface area contributed by atoms with E-state index in [0.717, 1.165) is 35.6 Å². The van der Waals surface area contributed by atoms with E-state index in [1.807, 2.05) is 35.9 Å². The highest BCUT2D eigenvalue weighted by atomic mass is 35.5. The van der Waals surface area contributed by atoms with Crippen LogP contribution in [0, 0.1) is 0 Å². The van der Waals surface area contributed by atoms with Gasteiger partial charge in [0.05, 0.1) is 11.3 Å². The first kappa shape index (κ1) is 14.5. The molecule has 118 valence electrons. The largest absolute Gasteiger partial charge is 0.355 e. The highest BCUT2D eigenvalue weighted by Gasteiger charge is 2.20. The van der Waals surface area contributed by atoms with Crippen LogP contribution < -0.4 is 4.90 Å². The Bertz CT molecular complexity index is 851. The van der Waals surface area contributed by atoms with Gasteiger partial charge in [0.2, 0.25) is 0 Å². The van der Waals surface area contributed by atoms with Gasteiger partial charge < -0.3 is 9.47 Å². The van der Waals surface area contributed by atoms with Crippen molar-refractivity contribution in [2.45, 2.75) is 19.3 Å². The molecule has 1 aliphatic heterocycles. The number of rotatable bonds is 2. The number of hydrogen-bond donors (Lipinski definition) is 0. The molecule has 0 spiro atoms. The minimum Gasteiger partial charge on any atom is -0.355 e. The summed E-state index contributed by atoms with van der Waals surface area (Å²) >= 11 is 6.35. The SMILES string of the molecule is Cn1cnc2c(N3CCCCC3)nc(-c3ccccc3Cl)nc21. The van der Waals surface area contributed by atoms with Crippen LogP contribution in [0.4, 0.5) is 5.82 Å². The summed E-state index contributed by atoms with van der Waals surface area (Å²) in [6, 6.07) is 7.70. The van der Waals surface area contributed by atoms with Gasteiger partial charge in [-0.25, -0.2) is 15.0 Å². The fourth-order valence-corrected chi connectivity index (χ4v) is 3.30. The van der Waals surface area contributed by atoms with Gasteiger partial charge >= 0.3 is 0 Å². The van der Waals surface area contributed by atoms with Crippen molar-refractivity contribution in [3.63, 3.8) is 0 Å². The maximum absolute atomic E-state index is 6.35. The van der Waals surface area contributed by atoms with Gasteiger partial charge in [0.15, 0.2) is 22.8 Å². The van der Waals surface area contributed by atoms with Crippen LogP contribution in [0.25, 0.3) is 22.6 Å². The highest BCUT2D eigenvalue weighted by molar-refractivity contribution is 6.33. The Morgan fingerprint density at radius 3 is 2.61 bits per heavy atom. The molecule has 0 N–H and O–H groups in total. The third-order valence-electron chi connectivity index (χ3n) is 4.31. The third kappa shape index (κ3) is 2.55. The zero-order valence-electron chi connectivity index (χ0n) is 13.0. The van der Waals surface area contributed by atoms with E-state index in [0.29, 0.717) is 10.8 Å². The van der Waals surface area contributed by atoms with Crippen molar-refractivity contribution in [2.75, 3.05) is 18.0 Å². The van der Waals surface area contributed by atoms with Crippen molar-refractivity contribution in [3.05, 3.63) is 35.6 Å². The summed E-state index contributed by atoms with van der Waals surface area (Å²) in [4.78, 5) is 16.4. The standard InChI is InChI=1S/C17H18ClN5/c1-22-11-19-14-16(22)20-15(12-7-3-4-8-13(12)18)21-17(14)23-9-5-2-6-10-23/h3-4,7-8,11H,2,5-6,9-10H2,1H3. The van der Waals surface area contributed by atoms with Crippen molar-refractivity contribution in [2.24, 2.45) is 7.05 Å². The average molecular weight is 328 g/mol. The molecule has 23 heavy (non-hydrogen) atoms. The molecule has 0 aliphatic carbocycles. The number of halogens is 1. The number of benzene rings is 1. The molecule has 3 heterocycles. The molecule has 0 atom stereocenters. The quantitative estimate of drug-likeness (QED) is 0.720. The van der Waals surface area contributed by atoms with Gasteiger partial charge in [-0.1, -0.05) is 23.7 Å². The van der Waals surface area contributed by atoms with Crippen molar-refractivity contribution in [3.8, 4) is 11.4 Å². The molecule has 3 aromatic rings. The lowest BCUT2D eigenvalue weighted by Crippen LogP contribution is -2.30. The number of hydrogen-bond acceptors (Lipinski definition) is 4. The lowest BCUT2D eigenvalue weighted by atomic mass is 10.1. The van der Waals surface area contributed by atoms with E-state index in [1.165, 1.54) is 19.3 Å². The van der Waals surface area contributed by atoms with Crippen LogP contribution in [-0.2, 0) is 7.05 Å². The minimum absolute atomic E-state index is 0.660. The van der Waals surface area contributed by atoms with Crippen LogP contribution in [0.15, 0.2) is 30.6 Å². The molecule has 2 aromatic heterocycles. The van der Waals surface area contributed by atoms with Crippen molar-refractivity contribution < 1.29 is 0 Å². The first-order valence-corrected chi connectivity index (χ1v) is 8.31. The van der Waals surface area contributed by atoms with Crippen LogP contribution in [0.3, 0.4) is 0 Å². The fraction of sp³-hybridized carbons (Fsp3) is 0.353. The van der Waals surface area contributed by atoms with E-state index in [-0.39, 0.29) is 0 Å². The average Bonchev–Trinajstić information content (AvgIpc) is 2.97. The van der Waals surface area contributed by atoms with E-state index in [2.05, 4.69) is 9.88 Å². The molecule has 4 rings (SSSR count). The Hall–Kier alpha value is -2.14. The van der Waals surface area contributed by atoms with E-state index >= 15 is 0 Å². The van der Waals surface area contributed by atoms with Gasteiger partial charge in [-0.3, -0.25) is 0 Å². The van der Waals surface area contributed by atoms with Gasteiger partial charge in [-0.2, -0.15) is 0 Å². The van der Waals surface area contributed by atoms with Crippen LogP contribution in [0.5, 0.6) is 0 Å². The molecular weight excluding hydrogens is 310 g/mol. The Labute approximate surface area is 139 Å². The number of anilines is 1. The Morgan fingerprint density at radius 2 is 1.83 bits per heavy atom. The summed E-state index contributed by atoms with van der Waals surface area (Å²) in [6.45, 7) is 2.04. The number of fused-ring (bicyclic) bond motifs is 1. The third-order valence-corrected chi connectivity index (χ3v) is 4.64. The molecular formula is C17H18ClN5. The maximum Gasteiger partial charge on any atom is 0.165 e. The molecule has 1 fully saturated rings. The first-order valence-electron chi connectivity index (χ1n) is 7.93. The number of aryl methyl sites for hydroxylation is 1. The second kappa shape index (κ2) is 5.81. The molecule has 0 amide bonds. The van der Waals surface area contributed by atoms with E-state index in [1.54, 1.807) is 6.33 Å². The Kier molecular flexibility index (Phi) is 3.65. The summed E-state index contributed by atoms with van der Waals surface area (Å²) in [5, 5.41) is 0.665. The van der Waals surface area contributed by atoms with Crippen LogP contribution in [0.1, 0.15) is 19.3 Å². The zero-order chi connectivity index (χ0) is 15.8. The predicted octanol–water partition coefficient (Wildman–Crippen LogP) is 3.67. The molecule has 1 aromatic carbocycles. The summed E-state index contributed by atoms with van der Waals surface area (Å²) in [5.74, 6) is 1.58. The van der Waals surface area contributed by atoms with Crippen LogP contribution in [0.2, 0.25) is 5.02 Å². The predicted molar refractivity (Wildman–Crippen MR) is 92.8 cm³/mol. The smallest absolute Gasteiger partial charge is 0.165 e. The molecule has 0 saturated carbocycles. The topological polar surface area (TPSA) is 46.8 Å². The Morgan fingerprint density at radius 1 is 1.04 bits per heavy atom. The summed E-state index contributed by atoms with van der Waals surface area (Å²) in [7, 11) is 1.96. The second-order valence-corrected chi connectivity index (χ2v) is 6.33. The fourth-order valence-electron chi connectivity index (χ4n) is 3.08. The number of nitrogens with zero attached hydrogens (tertiary/aromatic N) is 5. The lowest BCUT2D eigenvalue weighted by molar-refractivity contribution is 0.574. The molecule has 0 radical (unpaired) electrons. The normalized spacial score (nSPS) is 15.3. The van der Waals surface area contributed by atoms with Gasteiger partial charge in [0, 0.05) is 25.7 Å². The monoisotopic (exact) mass is 327 g/mol. The molecule has 1 aliphatic rings. The van der Waals surface area contributed by atoms with Crippen LogP contribution >= 0.6 is 11.6 Å². The lowest BCUT2D eigenvalue weighted by Gasteiger charge is -2.28. The number of aromatic nitrogens is 4. The second-order valence-electron chi connectivity index (χ2n) is 5.93. The molecule has 1 saturated heterocycles. The minimum atomic E-state index is 0.660. The van der Waals surface area contributed by atoms with E-state index in [4.69, 9.17) is 21.6 Å². The Balaban J connectivity index is 1.92. The summed E-state index contributed by atoms with van der Waals surface area (Å²) in [5.41, 5.74) is 2.57. The molecule has 0 bridgehead atoms. The molecule has 5 nitrogen and oxygen atoms in total. The van der Waals surface area contributed by atoms with Crippen molar-refractivity contribution in [1.29, 1.82) is 0 Å². The highest BCUT2D eigenvalue weighted by Crippen LogP contribution is 2.31. The van der Waals surface area contributed by atoms with Gasteiger partial charge in [0.25, 0.3) is 0 Å². The summed E-state index contributed by atoms with van der Waals surface area (Å²) < 4.78 is 1.94. The van der Waals surface area contributed by atoms with E-state index in [9.17, 15) is 0 Å².